The lowest BCUT2D eigenvalue weighted by Crippen LogP contribution is -2.38. The number of hydrogen-bond donors (Lipinski definition) is 2. The van der Waals surface area contributed by atoms with Crippen molar-refractivity contribution in [2.24, 2.45) is 0 Å². The number of alkyl halides is 4. The van der Waals surface area contributed by atoms with E-state index in [1.54, 1.807) is 31.2 Å². The first kappa shape index (κ1) is 23.6. The number of aliphatic hydroxyl groups excluding tert-OH is 1. The van der Waals surface area contributed by atoms with Gasteiger partial charge in [0.05, 0.1) is 23.7 Å². The van der Waals surface area contributed by atoms with Crippen LogP contribution in [0.4, 0.5) is 23.2 Å². The molecule has 3 aromatic rings. The third kappa shape index (κ3) is 4.73. The van der Waals surface area contributed by atoms with E-state index in [1.165, 1.54) is 12.1 Å². The van der Waals surface area contributed by atoms with Crippen molar-refractivity contribution in [2.45, 2.75) is 30.6 Å². The second-order valence-corrected chi connectivity index (χ2v) is 7.79. The number of pyridine rings is 1. The van der Waals surface area contributed by atoms with Crippen LogP contribution in [0.25, 0.3) is 10.9 Å². The van der Waals surface area contributed by atoms with Crippen LogP contribution >= 0.6 is 27.5 Å². The maximum absolute atomic E-state index is 15.2. The van der Waals surface area contributed by atoms with E-state index in [1.807, 2.05) is 0 Å². The Morgan fingerprint density at radius 3 is 2.58 bits per heavy atom. The number of rotatable bonds is 6. The second kappa shape index (κ2) is 9.18. The first-order valence-electron chi connectivity index (χ1n) is 9.06. The van der Waals surface area contributed by atoms with Gasteiger partial charge in [0.2, 0.25) is 0 Å². The van der Waals surface area contributed by atoms with Gasteiger partial charge in [-0.3, -0.25) is 4.98 Å². The summed E-state index contributed by atoms with van der Waals surface area (Å²) in [6, 6.07) is 7.54. The topological polar surface area (TPSA) is 54.4 Å². The Bertz CT molecular complexity index is 1110. The molecular formula is C21H18BrClF4N2O2. The van der Waals surface area contributed by atoms with Gasteiger partial charge in [-0.15, -0.1) is 0 Å². The van der Waals surface area contributed by atoms with Crippen LogP contribution in [0.2, 0.25) is 5.02 Å². The van der Waals surface area contributed by atoms with Gasteiger partial charge in [-0.05, 0) is 42.8 Å². The van der Waals surface area contributed by atoms with Gasteiger partial charge < -0.3 is 15.2 Å². The molecule has 2 aromatic carbocycles. The van der Waals surface area contributed by atoms with Crippen molar-refractivity contribution >= 4 is 44.1 Å². The number of aliphatic hydroxyl groups is 1. The van der Waals surface area contributed by atoms with Crippen molar-refractivity contribution in [1.82, 2.24) is 4.98 Å². The van der Waals surface area contributed by atoms with Gasteiger partial charge in [0, 0.05) is 27.7 Å². The van der Waals surface area contributed by atoms with Crippen LogP contribution in [0.5, 0.6) is 5.75 Å². The van der Waals surface area contributed by atoms with E-state index in [2.05, 4.69) is 26.2 Å². The molecule has 2 atom stereocenters. The molecule has 1 heterocycles. The zero-order chi connectivity index (χ0) is 22.9. The van der Waals surface area contributed by atoms with Crippen LogP contribution in [0.3, 0.4) is 0 Å². The fraction of sp³-hybridized carbons (Fsp3) is 0.286. The maximum Gasteiger partial charge on any atom is 0.416 e. The van der Waals surface area contributed by atoms with Gasteiger partial charge >= 0.3 is 6.18 Å². The Hall–Kier alpha value is -2.10. The summed E-state index contributed by atoms with van der Waals surface area (Å²) < 4.78 is 60.8. The Kier molecular flexibility index (Phi) is 6.98. The van der Waals surface area contributed by atoms with Crippen LogP contribution in [0.1, 0.15) is 22.9 Å². The van der Waals surface area contributed by atoms with E-state index < -0.39 is 35.5 Å². The second-order valence-electron chi connectivity index (χ2n) is 6.85. The average molecular weight is 522 g/mol. The van der Waals surface area contributed by atoms with E-state index >= 15 is 4.39 Å². The molecule has 2 N–H and O–H groups in total. The van der Waals surface area contributed by atoms with E-state index in [-0.39, 0.29) is 16.0 Å². The molecule has 3 rings (SSSR count). The molecule has 0 spiro atoms. The quantitative estimate of drug-likeness (QED) is 0.295. The third-order valence-electron chi connectivity index (χ3n) is 4.78. The number of aryl methyl sites for hydroxylation is 1. The molecule has 0 aliphatic heterocycles. The van der Waals surface area contributed by atoms with Crippen molar-refractivity contribution in [2.75, 3.05) is 12.4 Å². The van der Waals surface area contributed by atoms with Gasteiger partial charge in [0.25, 0.3) is 0 Å². The number of nitrogens with one attached hydrogen (secondary N) is 1. The molecule has 31 heavy (non-hydrogen) atoms. The van der Waals surface area contributed by atoms with Crippen molar-refractivity contribution in [3.63, 3.8) is 0 Å². The average Bonchev–Trinajstić information content (AvgIpc) is 2.71. The van der Waals surface area contributed by atoms with E-state index in [9.17, 15) is 18.3 Å². The van der Waals surface area contributed by atoms with E-state index in [0.717, 1.165) is 12.8 Å². The van der Waals surface area contributed by atoms with Crippen molar-refractivity contribution in [3.05, 3.63) is 64.1 Å². The lowest BCUT2D eigenvalue weighted by molar-refractivity contribution is -0.208. The van der Waals surface area contributed by atoms with Crippen molar-refractivity contribution in [1.29, 1.82) is 0 Å². The number of fused-ring (bicyclic) bond motifs is 1. The molecular weight excluding hydrogens is 504 g/mol. The summed E-state index contributed by atoms with van der Waals surface area (Å²) in [5.41, 5.74) is 1.41. The Balaban J connectivity index is 2.20. The highest BCUT2D eigenvalue weighted by Crippen LogP contribution is 2.41. The predicted molar refractivity (Wildman–Crippen MR) is 115 cm³/mol. The fourth-order valence-corrected chi connectivity index (χ4v) is 4.14. The Labute approximate surface area is 189 Å². The number of benzene rings is 2. The van der Waals surface area contributed by atoms with Crippen molar-refractivity contribution in [3.8, 4) is 5.75 Å². The minimum Gasteiger partial charge on any atom is -0.492 e. The van der Waals surface area contributed by atoms with Crippen LogP contribution < -0.4 is 10.1 Å². The predicted octanol–water partition coefficient (Wildman–Crippen LogP) is 6.32. The number of hydrogen-bond acceptors (Lipinski definition) is 4. The van der Waals surface area contributed by atoms with Gasteiger partial charge in [-0.25, -0.2) is 4.39 Å². The molecule has 1 aromatic heterocycles. The molecule has 0 saturated heterocycles. The maximum atomic E-state index is 15.2. The summed E-state index contributed by atoms with van der Waals surface area (Å²) in [5.74, 6) is -1.49. The standard InChI is InChI=1S/C21H18BrClF4N2O2/c1-10-6-7-12-14(28-10)4-3-5-15(12)29-18(20(30)21(25,26)27)13-8-11(9-22)16(23)19(31-2)17(13)24/h3-8,18,20,29-30H,9H2,1-2H3. The summed E-state index contributed by atoms with van der Waals surface area (Å²) in [4.78, 5) is 4.35. The van der Waals surface area contributed by atoms with Gasteiger partial charge in [0.15, 0.2) is 17.7 Å². The molecule has 2 unspecified atom stereocenters. The molecule has 0 saturated carbocycles. The number of aromatic nitrogens is 1. The molecule has 0 radical (unpaired) electrons. The Morgan fingerprint density at radius 2 is 1.97 bits per heavy atom. The van der Waals surface area contributed by atoms with Crippen LogP contribution in [0, 0.1) is 12.7 Å². The van der Waals surface area contributed by atoms with Gasteiger partial charge in [-0.1, -0.05) is 33.6 Å². The zero-order valence-electron chi connectivity index (χ0n) is 16.4. The summed E-state index contributed by atoms with van der Waals surface area (Å²) in [5, 5.41) is 13.4. The lowest BCUT2D eigenvalue weighted by Gasteiger charge is -2.29. The van der Waals surface area contributed by atoms with Crippen LogP contribution in [0.15, 0.2) is 36.4 Å². The largest absolute Gasteiger partial charge is 0.492 e. The minimum atomic E-state index is -5.02. The number of ether oxygens (including phenoxy) is 1. The number of halogens is 6. The van der Waals surface area contributed by atoms with Gasteiger partial charge in [0.1, 0.15) is 0 Å². The number of methoxy groups -OCH3 is 1. The molecule has 10 heteroatoms. The van der Waals surface area contributed by atoms with Crippen LogP contribution in [-0.2, 0) is 5.33 Å². The molecule has 4 nitrogen and oxygen atoms in total. The van der Waals surface area contributed by atoms with E-state index in [4.69, 9.17) is 16.3 Å². The molecule has 0 amide bonds. The summed E-state index contributed by atoms with van der Waals surface area (Å²) in [6.45, 7) is 1.78. The minimum absolute atomic E-state index is 0.0642. The summed E-state index contributed by atoms with van der Waals surface area (Å²) >= 11 is 9.29. The Morgan fingerprint density at radius 1 is 1.26 bits per heavy atom. The smallest absolute Gasteiger partial charge is 0.416 e. The highest BCUT2D eigenvalue weighted by Gasteiger charge is 2.45. The molecule has 0 fully saturated rings. The van der Waals surface area contributed by atoms with Crippen molar-refractivity contribution < 1.29 is 27.4 Å². The zero-order valence-corrected chi connectivity index (χ0v) is 18.7. The number of anilines is 1. The molecule has 166 valence electrons. The first-order chi connectivity index (χ1) is 14.6. The van der Waals surface area contributed by atoms with E-state index in [0.29, 0.717) is 16.5 Å². The highest BCUT2D eigenvalue weighted by atomic mass is 79.9. The van der Waals surface area contributed by atoms with Gasteiger partial charge in [-0.2, -0.15) is 13.2 Å². The summed E-state index contributed by atoms with van der Waals surface area (Å²) in [6.07, 6.45) is -7.94. The normalized spacial score (nSPS) is 13.8. The van der Waals surface area contributed by atoms with Crippen LogP contribution in [-0.4, -0.2) is 29.5 Å². The molecule has 0 bridgehead atoms. The summed E-state index contributed by atoms with van der Waals surface area (Å²) in [7, 11) is 1.16. The molecule has 0 aliphatic rings. The lowest BCUT2D eigenvalue weighted by atomic mass is 9.97. The number of nitrogens with zero attached hydrogens (tertiary/aromatic N) is 1. The molecule has 0 aliphatic carbocycles. The third-order valence-corrected chi connectivity index (χ3v) is 5.80. The highest BCUT2D eigenvalue weighted by molar-refractivity contribution is 9.08. The SMILES string of the molecule is COc1c(F)c(C(Nc2cccc3nc(C)ccc23)C(O)C(F)(F)F)cc(CBr)c1Cl. The fourth-order valence-electron chi connectivity index (χ4n) is 3.26. The first-order valence-corrected chi connectivity index (χ1v) is 10.6. The monoisotopic (exact) mass is 520 g/mol.